The number of piperidine rings is 3. The fraction of sp³-hybridized carbons (Fsp3) is 0.783. The second kappa shape index (κ2) is 10.5. The number of hydrogen-bond donors (Lipinski definition) is 0. The molecule has 1 aromatic rings. The highest BCUT2D eigenvalue weighted by molar-refractivity contribution is 5.79. The van der Waals surface area contributed by atoms with Crippen LogP contribution >= 0.6 is 0 Å². The molecule has 4 rings (SSSR count). The summed E-state index contributed by atoms with van der Waals surface area (Å²) in [7, 11) is 1.73. The number of fused-ring (bicyclic) bond motifs is 1. The summed E-state index contributed by atoms with van der Waals surface area (Å²) in [6.45, 7) is 6.40. The lowest BCUT2D eigenvalue weighted by molar-refractivity contribution is -0.138. The zero-order valence-corrected chi connectivity index (χ0v) is 18.4. The fourth-order valence-electron chi connectivity index (χ4n) is 5.61. The van der Waals surface area contributed by atoms with Gasteiger partial charge in [0.2, 0.25) is 11.9 Å². The Morgan fingerprint density at radius 1 is 1.07 bits per heavy atom. The molecule has 0 radical (unpaired) electrons. The maximum Gasteiger partial charge on any atom is 0.225 e. The highest BCUT2D eigenvalue weighted by Gasteiger charge is 2.36. The van der Waals surface area contributed by atoms with Crippen molar-refractivity contribution in [3.05, 3.63) is 18.5 Å². The molecule has 7 nitrogen and oxygen atoms in total. The van der Waals surface area contributed by atoms with Gasteiger partial charge in [-0.2, -0.15) is 0 Å². The molecule has 0 unspecified atom stereocenters. The van der Waals surface area contributed by atoms with Gasteiger partial charge in [0.05, 0.1) is 6.61 Å². The maximum absolute atomic E-state index is 13.5. The van der Waals surface area contributed by atoms with E-state index in [1.54, 1.807) is 19.5 Å². The van der Waals surface area contributed by atoms with Crippen molar-refractivity contribution in [1.82, 2.24) is 19.8 Å². The zero-order valence-electron chi connectivity index (χ0n) is 18.4. The van der Waals surface area contributed by atoms with E-state index in [0.717, 1.165) is 38.4 Å². The molecule has 0 aliphatic carbocycles. The molecule has 30 heavy (non-hydrogen) atoms. The van der Waals surface area contributed by atoms with Crippen molar-refractivity contribution in [2.45, 2.75) is 51.0 Å². The predicted octanol–water partition coefficient (Wildman–Crippen LogP) is 2.43. The maximum atomic E-state index is 13.5. The minimum absolute atomic E-state index is 0.105. The predicted molar refractivity (Wildman–Crippen MR) is 117 cm³/mol. The van der Waals surface area contributed by atoms with Crippen molar-refractivity contribution in [3.8, 4) is 0 Å². The van der Waals surface area contributed by atoms with Crippen LogP contribution in [0.1, 0.15) is 44.9 Å². The van der Waals surface area contributed by atoms with E-state index in [2.05, 4.69) is 24.7 Å². The Kier molecular flexibility index (Phi) is 7.55. The molecule has 4 heterocycles. The molecule has 3 aliphatic rings. The van der Waals surface area contributed by atoms with Crippen LogP contribution in [0.2, 0.25) is 0 Å². The Morgan fingerprint density at radius 3 is 2.60 bits per heavy atom. The van der Waals surface area contributed by atoms with Crippen LogP contribution in [0.3, 0.4) is 0 Å². The van der Waals surface area contributed by atoms with E-state index < -0.39 is 0 Å². The third-order valence-corrected chi connectivity index (χ3v) is 7.24. The summed E-state index contributed by atoms with van der Waals surface area (Å²) in [4.78, 5) is 29.2. The minimum Gasteiger partial charge on any atom is -0.383 e. The smallest absolute Gasteiger partial charge is 0.225 e. The second-order valence-corrected chi connectivity index (χ2v) is 9.09. The van der Waals surface area contributed by atoms with E-state index in [0.29, 0.717) is 31.0 Å². The fourth-order valence-corrected chi connectivity index (χ4v) is 5.61. The molecule has 0 bridgehead atoms. The van der Waals surface area contributed by atoms with Gasteiger partial charge in [0.15, 0.2) is 0 Å². The largest absolute Gasteiger partial charge is 0.383 e. The van der Waals surface area contributed by atoms with Crippen molar-refractivity contribution >= 4 is 11.9 Å². The van der Waals surface area contributed by atoms with Crippen LogP contribution < -0.4 is 4.90 Å². The second-order valence-electron chi connectivity index (χ2n) is 9.09. The van der Waals surface area contributed by atoms with Gasteiger partial charge in [-0.25, -0.2) is 9.97 Å². The number of carbonyl (C=O) groups is 1. The van der Waals surface area contributed by atoms with Gasteiger partial charge >= 0.3 is 0 Å². The van der Waals surface area contributed by atoms with E-state index in [-0.39, 0.29) is 5.92 Å². The van der Waals surface area contributed by atoms with Gasteiger partial charge in [-0.3, -0.25) is 4.79 Å². The lowest BCUT2D eigenvalue weighted by Gasteiger charge is -2.46. The number of carbonyl (C=O) groups excluding carboxylic acids is 1. The lowest BCUT2D eigenvalue weighted by Crippen LogP contribution is -2.53. The first-order valence-electron chi connectivity index (χ1n) is 11.8. The topological polar surface area (TPSA) is 61.8 Å². The molecule has 1 aromatic heterocycles. The summed E-state index contributed by atoms with van der Waals surface area (Å²) in [6, 6.07) is 2.51. The summed E-state index contributed by atoms with van der Waals surface area (Å²) >= 11 is 0. The van der Waals surface area contributed by atoms with Gasteiger partial charge in [-0.1, -0.05) is 6.42 Å². The molecule has 3 saturated heterocycles. The Bertz CT molecular complexity index is 663. The average molecular weight is 416 g/mol. The van der Waals surface area contributed by atoms with Crippen molar-refractivity contribution in [1.29, 1.82) is 0 Å². The number of anilines is 1. The summed E-state index contributed by atoms with van der Waals surface area (Å²) < 4.78 is 5.35. The molecule has 3 fully saturated rings. The average Bonchev–Trinajstić information content (AvgIpc) is 2.82. The highest BCUT2D eigenvalue weighted by atomic mass is 16.5. The number of amides is 1. The summed E-state index contributed by atoms with van der Waals surface area (Å²) in [5.41, 5.74) is 0. The number of rotatable bonds is 7. The molecule has 0 N–H and O–H groups in total. The van der Waals surface area contributed by atoms with Crippen molar-refractivity contribution in [2.75, 3.05) is 57.9 Å². The van der Waals surface area contributed by atoms with E-state index in [1.165, 1.54) is 45.2 Å². The Labute approximate surface area is 180 Å². The van der Waals surface area contributed by atoms with Crippen molar-refractivity contribution in [2.24, 2.45) is 11.8 Å². The third-order valence-electron chi connectivity index (χ3n) is 7.24. The van der Waals surface area contributed by atoms with E-state index in [4.69, 9.17) is 4.74 Å². The third kappa shape index (κ3) is 5.11. The van der Waals surface area contributed by atoms with Crippen molar-refractivity contribution in [3.63, 3.8) is 0 Å². The molecule has 7 heteroatoms. The van der Waals surface area contributed by atoms with Gasteiger partial charge in [0.1, 0.15) is 0 Å². The van der Waals surface area contributed by atoms with Gasteiger partial charge in [0, 0.05) is 57.6 Å². The highest BCUT2D eigenvalue weighted by Crippen LogP contribution is 2.32. The normalized spacial score (nSPS) is 25.7. The molecule has 166 valence electrons. The molecule has 0 saturated carbocycles. The first kappa shape index (κ1) is 21.5. The molecule has 1 amide bonds. The van der Waals surface area contributed by atoms with Gasteiger partial charge in [-0.15, -0.1) is 0 Å². The summed E-state index contributed by atoms with van der Waals surface area (Å²) in [6.07, 6.45) is 11.8. The molecular formula is C23H37N5O2. The van der Waals surface area contributed by atoms with Crippen LogP contribution in [-0.4, -0.2) is 84.7 Å². The number of aromatic nitrogens is 2. The van der Waals surface area contributed by atoms with Crippen LogP contribution in [0.4, 0.5) is 5.95 Å². The van der Waals surface area contributed by atoms with E-state index in [9.17, 15) is 4.79 Å². The first-order valence-corrected chi connectivity index (χ1v) is 11.8. The summed E-state index contributed by atoms with van der Waals surface area (Å²) in [5.74, 6) is 1.82. The SMILES string of the molecule is COCCN(C[C@H]1CCCN2CCCC[C@@H]12)C(=O)C1CCN(c2ncccn2)CC1. The molecule has 0 spiro atoms. The number of hydrogen-bond acceptors (Lipinski definition) is 6. The van der Waals surface area contributed by atoms with Crippen LogP contribution in [0, 0.1) is 11.8 Å². The van der Waals surface area contributed by atoms with Gasteiger partial charge in [-0.05, 0) is 63.6 Å². The quantitative estimate of drug-likeness (QED) is 0.682. The Balaban J connectivity index is 1.36. The van der Waals surface area contributed by atoms with Crippen LogP contribution in [0.25, 0.3) is 0 Å². The summed E-state index contributed by atoms with van der Waals surface area (Å²) in [5, 5.41) is 0. The number of methoxy groups -OCH3 is 1. The molecular weight excluding hydrogens is 378 g/mol. The number of ether oxygens (including phenoxy) is 1. The van der Waals surface area contributed by atoms with E-state index >= 15 is 0 Å². The molecule has 3 aliphatic heterocycles. The standard InChI is InChI=1S/C23H37N5O2/c1-30-17-16-28(18-20-6-4-13-26-12-3-2-7-21(20)26)22(29)19-8-14-27(15-9-19)23-24-10-5-11-25-23/h5,10-11,19-21H,2-4,6-9,12-18H2,1H3/t20-,21+/m1/s1. The van der Waals surface area contributed by atoms with Gasteiger partial charge in [0.25, 0.3) is 0 Å². The zero-order chi connectivity index (χ0) is 20.8. The Morgan fingerprint density at radius 2 is 1.83 bits per heavy atom. The van der Waals surface area contributed by atoms with Gasteiger partial charge < -0.3 is 19.4 Å². The van der Waals surface area contributed by atoms with Crippen LogP contribution in [0.5, 0.6) is 0 Å². The minimum atomic E-state index is 0.105. The number of nitrogens with zero attached hydrogens (tertiary/aromatic N) is 5. The first-order chi connectivity index (χ1) is 14.8. The van der Waals surface area contributed by atoms with Crippen molar-refractivity contribution < 1.29 is 9.53 Å². The lowest BCUT2D eigenvalue weighted by atomic mass is 9.83. The van der Waals surface area contributed by atoms with E-state index in [1.807, 2.05) is 6.07 Å². The van der Waals surface area contributed by atoms with Crippen LogP contribution in [0.15, 0.2) is 18.5 Å². The monoisotopic (exact) mass is 415 g/mol. The molecule has 0 aromatic carbocycles. The molecule has 2 atom stereocenters. The Hall–Kier alpha value is -1.73. The van der Waals surface area contributed by atoms with Crippen LogP contribution in [-0.2, 0) is 9.53 Å².